The number of methoxy groups -OCH3 is 1. The number of hydrogen-bond acceptors (Lipinski definition) is 6. The van der Waals surface area contributed by atoms with Crippen molar-refractivity contribution in [2.75, 3.05) is 33.4 Å². The molecule has 30 heavy (non-hydrogen) atoms. The van der Waals surface area contributed by atoms with E-state index in [1.807, 2.05) is 24.3 Å². The first-order valence-electron chi connectivity index (χ1n) is 10.3. The maximum Gasteiger partial charge on any atom is 0.328 e. The number of urea groups is 1. The predicted octanol–water partition coefficient (Wildman–Crippen LogP) is 1.92. The Hall–Kier alpha value is -2.84. The fraction of sp³-hybridized carbons (Fsp3) is 0.455. The van der Waals surface area contributed by atoms with Gasteiger partial charge in [-0.05, 0) is 42.2 Å². The second-order valence-electron chi connectivity index (χ2n) is 7.84. The Morgan fingerprint density at radius 2 is 1.77 bits per heavy atom. The van der Waals surface area contributed by atoms with Crippen LogP contribution >= 0.6 is 0 Å². The molecule has 2 aromatic heterocycles. The van der Waals surface area contributed by atoms with Crippen molar-refractivity contribution in [1.29, 1.82) is 0 Å². The standard InChI is InChI=1S/C22H27N5O3/c1-30-14-13-27-21(29)26(17-19-3-2-8-24-15-19)20(28)22(27)6-11-25(12-7-22)16-18-4-9-23-10-5-18/h2-5,8-10,15H,6-7,11-14,16-17H2,1H3. The van der Waals surface area contributed by atoms with Crippen molar-refractivity contribution in [3.05, 3.63) is 60.2 Å². The minimum Gasteiger partial charge on any atom is -0.383 e. The molecule has 0 saturated carbocycles. The monoisotopic (exact) mass is 409 g/mol. The molecule has 0 N–H and O–H groups in total. The summed E-state index contributed by atoms with van der Waals surface area (Å²) in [7, 11) is 1.61. The van der Waals surface area contributed by atoms with Gasteiger partial charge >= 0.3 is 6.03 Å². The number of pyridine rings is 2. The van der Waals surface area contributed by atoms with Crippen LogP contribution in [-0.2, 0) is 22.6 Å². The van der Waals surface area contributed by atoms with Crippen LogP contribution in [-0.4, -0.2) is 75.5 Å². The second kappa shape index (κ2) is 8.89. The van der Waals surface area contributed by atoms with E-state index in [9.17, 15) is 9.59 Å². The average molecular weight is 409 g/mol. The van der Waals surface area contributed by atoms with E-state index in [-0.39, 0.29) is 18.5 Å². The zero-order valence-electron chi connectivity index (χ0n) is 17.2. The highest BCUT2D eigenvalue weighted by Crippen LogP contribution is 2.38. The Bertz CT molecular complexity index is 869. The molecule has 0 radical (unpaired) electrons. The molecule has 0 aromatic carbocycles. The topological polar surface area (TPSA) is 78.9 Å². The molecule has 2 fully saturated rings. The molecule has 0 bridgehead atoms. The number of ether oxygens (including phenoxy) is 1. The molecule has 2 aromatic rings. The van der Waals surface area contributed by atoms with Gasteiger partial charge in [0.1, 0.15) is 5.54 Å². The zero-order valence-corrected chi connectivity index (χ0v) is 17.2. The molecule has 0 aliphatic carbocycles. The molecule has 8 heteroatoms. The highest BCUT2D eigenvalue weighted by Gasteiger charge is 2.57. The predicted molar refractivity (Wildman–Crippen MR) is 110 cm³/mol. The number of carbonyl (C=O) groups excluding carboxylic acids is 2. The molecular weight excluding hydrogens is 382 g/mol. The lowest BCUT2D eigenvalue weighted by Gasteiger charge is -2.42. The minimum absolute atomic E-state index is 0.101. The number of imide groups is 1. The zero-order chi connectivity index (χ0) is 21.0. The van der Waals surface area contributed by atoms with Gasteiger partial charge in [-0.15, -0.1) is 0 Å². The highest BCUT2D eigenvalue weighted by molar-refractivity contribution is 6.07. The summed E-state index contributed by atoms with van der Waals surface area (Å²) in [6.45, 7) is 3.39. The van der Waals surface area contributed by atoms with Gasteiger partial charge in [0.2, 0.25) is 0 Å². The van der Waals surface area contributed by atoms with Crippen LogP contribution < -0.4 is 0 Å². The van der Waals surface area contributed by atoms with Gasteiger partial charge in [-0.25, -0.2) is 4.79 Å². The number of amides is 3. The number of carbonyl (C=O) groups is 2. The van der Waals surface area contributed by atoms with E-state index < -0.39 is 5.54 Å². The molecule has 2 saturated heterocycles. The van der Waals surface area contributed by atoms with E-state index in [4.69, 9.17) is 4.74 Å². The Labute approximate surface area is 176 Å². The van der Waals surface area contributed by atoms with Crippen molar-refractivity contribution in [3.63, 3.8) is 0 Å². The van der Waals surface area contributed by atoms with Crippen LogP contribution in [0.5, 0.6) is 0 Å². The van der Waals surface area contributed by atoms with Crippen LogP contribution in [0.4, 0.5) is 4.79 Å². The smallest absolute Gasteiger partial charge is 0.328 e. The summed E-state index contributed by atoms with van der Waals surface area (Å²) in [5.74, 6) is -0.101. The second-order valence-corrected chi connectivity index (χ2v) is 7.84. The van der Waals surface area contributed by atoms with Crippen molar-refractivity contribution in [1.82, 2.24) is 24.7 Å². The Morgan fingerprint density at radius 3 is 2.43 bits per heavy atom. The van der Waals surface area contributed by atoms with Gasteiger partial charge in [-0.3, -0.25) is 24.6 Å². The van der Waals surface area contributed by atoms with Gasteiger partial charge in [0.05, 0.1) is 13.2 Å². The minimum atomic E-state index is -0.785. The number of nitrogens with zero attached hydrogens (tertiary/aromatic N) is 5. The lowest BCUT2D eigenvalue weighted by molar-refractivity contribution is -0.136. The van der Waals surface area contributed by atoms with E-state index in [1.54, 1.807) is 36.8 Å². The Morgan fingerprint density at radius 1 is 1.00 bits per heavy atom. The number of rotatable bonds is 7. The maximum atomic E-state index is 13.5. The molecular formula is C22H27N5O3. The summed E-state index contributed by atoms with van der Waals surface area (Å²) in [4.78, 5) is 40.3. The van der Waals surface area contributed by atoms with E-state index in [0.717, 1.165) is 25.2 Å². The maximum absolute atomic E-state index is 13.5. The van der Waals surface area contributed by atoms with Gasteiger partial charge in [0, 0.05) is 58.1 Å². The van der Waals surface area contributed by atoms with Crippen LogP contribution in [0.15, 0.2) is 49.1 Å². The average Bonchev–Trinajstić information content (AvgIpc) is 2.96. The molecule has 8 nitrogen and oxygen atoms in total. The Balaban J connectivity index is 1.51. The molecule has 3 amide bonds. The molecule has 158 valence electrons. The molecule has 0 unspecified atom stereocenters. The van der Waals surface area contributed by atoms with Gasteiger partial charge < -0.3 is 9.64 Å². The summed E-state index contributed by atoms with van der Waals surface area (Å²) in [6.07, 6.45) is 8.21. The normalized spacial score (nSPS) is 19.1. The fourth-order valence-corrected chi connectivity index (χ4v) is 4.40. The summed E-state index contributed by atoms with van der Waals surface area (Å²) in [6, 6.07) is 7.49. The van der Waals surface area contributed by atoms with Gasteiger partial charge in [0.25, 0.3) is 5.91 Å². The molecule has 1 spiro atoms. The third kappa shape index (κ3) is 3.93. The van der Waals surface area contributed by atoms with E-state index in [0.29, 0.717) is 26.0 Å². The number of hydrogen-bond donors (Lipinski definition) is 0. The van der Waals surface area contributed by atoms with E-state index in [1.165, 1.54) is 10.5 Å². The quantitative estimate of drug-likeness (QED) is 0.650. The molecule has 0 atom stereocenters. The van der Waals surface area contributed by atoms with Crippen LogP contribution in [0.25, 0.3) is 0 Å². The van der Waals surface area contributed by atoms with Crippen molar-refractivity contribution >= 4 is 11.9 Å². The van der Waals surface area contributed by atoms with Gasteiger partial charge in [-0.2, -0.15) is 0 Å². The van der Waals surface area contributed by atoms with Crippen LogP contribution in [0, 0.1) is 0 Å². The molecule has 4 rings (SSSR count). The molecule has 2 aliphatic rings. The SMILES string of the molecule is COCCN1C(=O)N(Cc2cccnc2)C(=O)C12CCN(Cc1ccncc1)CC2. The summed E-state index contributed by atoms with van der Waals surface area (Å²) >= 11 is 0. The van der Waals surface area contributed by atoms with Crippen LogP contribution in [0.2, 0.25) is 0 Å². The number of aromatic nitrogens is 2. The lowest BCUT2D eigenvalue weighted by atomic mass is 9.85. The van der Waals surface area contributed by atoms with Crippen molar-refractivity contribution in [2.24, 2.45) is 0 Å². The number of likely N-dealkylation sites (tertiary alicyclic amines) is 1. The molecule has 2 aliphatic heterocycles. The lowest BCUT2D eigenvalue weighted by Crippen LogP contribution is -2.57. The van der Waals surface area contributed by atoms with Crippen molar-refractivity contribution in [2.45, 2.75) is 31.5 Å². The summed E-state index contributed by atoms with van der Waals surface area (Å²) < 4.78 is 5.22. The van der Waals surface area contributed by atoms with Crippen molar-refractivity contribution in [3.8, 4) is 0 Å². The third-order valence-corrected chi connectivity index (χ3v) is 6.04. The first-order chi connectivity index (χ1) is 14.6. The van der Waals surface area contributed by atoms with Gasteiger partial charge in [0.15, 0.2) is 0 Å². The number of piperidine rings is 1. The van der Waals surface area contributed by atoms with Crippen LogP contribution in [0.1, 0.15) is 24.0 Å². The Kier molecular flexibility index (Phi) is 6.06. The first-order valence-corrected chi connectivity index (χ1v) is 10.3. The van der Waals surface area contributed by atoms with Crippen LogP contribution in [0.3, 0.4) is 0 Å². The largest absolute Gasteiger partial charge is 0.383 e. The summed E-state index contributed by atoms with van der Waals surface area (Å²) in [5, 5.41) is 0. The van der Waals surface area contributed by atoms with Crippen molar-refractivity contribution < 1.29 is 14.3 Å². The van der Waals surface area contributed by atoms with E-state index in [2.05, 4.69) is 14.9 Å². The third-order valence-electron chi connectivity index (χ3n) is 6.04. The highest BCUT2D eigenvalue weighted by atomic mass is 16.5. The fourth-order valence-electron chi connectivity index (χ4n) is 4.40. The molecule has 4 heterocycles. The first kappa shape index (κ1) is 20.4. The summed E-state index contributed by atoms with van der Waals surface area (Å²) in [5.41, 5.74) is 1.26. The van der Waals surface area contributed by atoms with Gasteiger partial charge in [-0.1, -0.05) is 6.07 Å². The van der Waals surface area contributed by atoms with E-state index >= 15 is 0 Å².